The molecule has 0 fully saturated rings. The normalized spacial score (nSPS) is 12.2. The van der Waals surface area contributed by atoms with Crippen LogP contribution in [0.5, 0.6) is 5.75 Å². The average Bonchev–Trinajstić information content (AvgIpc) is 2.67. The Balaban J connectivity index is 2.27. The lowest BCUT2D eigenvalue weighted by molar-refractivity contribution is -0.143. The lowest BCUT2D eigenvalue weighted by Crippen LogP contribution is -2.54. The van der Waals surface area contributed by atoms with Gasteiger partial charge in [-0.2, -0.15) is 0 Å². The minimum Gasteiger partial charge on any atom is -0.484 e. The number of nitrogens with zero attached hydrogens (tertiary/aromatic N) is 1. The van der Waals surface area contributed by atoms with Crippen molar-refractivity contribution in [2.24, 2.45) is 0 Å². The summed E-state index contributed by atoms with van der Waals surface area (Å²) in [6.07, 6.45) is 0.449. The fraction of sp³-hybridized carbons (Fsp3) is 0.391. The number of hydrogen-bond acceptors (Lipinski definition) is 3. The summed E-state index contributed by atoms with van der Waals surface area (Å²) in [5.41, 5.74) is 0.286. The molecule has 0 spiro atoms. The monoisotopic (exact) mass is 450 g/mol. The summed E-state index contributed by atoms with van der Waals surface area (Å²) in [4.78, 5) is 27.6. The second-order valence-electron chi connectivity index (χ2n) is 8.02. The summed E-state index contributed by atoms with van der Waals surface area (Å²) < 4.78 is 5.63. The van der Waals surface area contributed by atoms with Crippen molar-refractivity contribution >= 4 is 35.0 Å². The van der Waals surface area contributed by atoms with Crippen LogP contribution in [-0.4, -0.2) is 34.9 Å². The lowest BCUT2D eigenvalue weighted by Gasteiger charge is -2.33. The van der Waals surface area contributed by atoms with Crippen LogP contribution < -0.4 is 10.1 Å². The third-order valence-corrected chi connectivity index (χ3v) is 4.93. The fourth-order valence-electron chi connectivity index (χ4n) is 2.95. The van der Waals surface area contributed by atoms with Crippen LogP contribution in [0.3, 0.4) is 0 Å². The minimum absolute atomic E-state index is 0.170. The van der Waals surface area contributed by atoms with E-state index in [-0.39, 0.29) is 25.0 Å². The molecule has 0 saturated carbocycles. The Morgan fingerprint density at radius 3 is 2.33 bits per heavy atom. The zero-order valence-corrected chi connectivity index (χ0v) is 19.3. The first-order chi connectivity index (χ1) is 14.1. The molecule has 0 aromatic heterocycles. The van der Waals surface area contributed by atoms with Gasteiger partial charge in [-0.15, -0.1) is 0 Å². The summed E-state index contributed by atoms with van der Waals surface area (Å²) in [6, 6.07) is 13.5. The second-order valence-corrected chi connectivity index (χ2v) is 8.87. The van der Waals surface area contributed by atoms with Crippen molar-refractivity contribution in [3.8, 4) is 5.75 Å². The predicted octanol–water partition coefficient (Wildman–Crippen LogP) is 5.09. The highest BCUT2D eigenvalue weighted by Gasteiger charge is 2.31. The molecule has 1 N–H and O–H groups in total. The Morgan fingerprint density at radius 2 is 1.77 bits per heavy atom. The number of nitrogens with one attached hydrogen (secondary N) is 1. The predicted molar refractivity (Wildman–Crippen MR) is 121 cm³/mol. The molecule has 0 saturated heterocycles. The number of benzene rings is 2. The molecule has 2 aromatic carbocycles. The summed E-state index contributed by atoms with van der Waals surface area (Å²) in [7, 11) is 0. The molecule has 0 aliphatic carbocycles. The first-order valence-corrected chi connectivity index (χ1v) is 10.6. The van der Waals surface area contributed by atoms with Gasteiger partial charge in [0.2, 0.25) is 5.91 Å². The number of carbonyl (C=O) groups is 2. The van der Waals surface area contributed by atoms with Crippen LogP contribution >= 0.6 is 23.2 Å². The van der Waals surface area contributed by atoms with E-state index in [0.717, 1.165) is 0 Å². The highest BCUT2D eigenvalue weighted by atomic mass is 35.5. The van der Waals surface area contributed by atoms with E-state index < -0.39 is 11.6 Å². The molecule has 0 aliphatic heterocycles. The van der Waals surface area contributed by atoms with Gasteiger partial charge in [0.25, 0.3) is 5.91 Å². The summed E-state index contributed by atoms with van der Waals surface area (Å²) in [5, 5.41) is 3.91. The topological polar surface area (TPSA) is 58.6 Å². The third kappa shape index (κ3) is 7.22. The van der Waals surface area contributed by atoms with E-state index in [0.29, 0.717) is 27.8 Å². The summed E-state index contributed by atoms with van der Waals surface area (Å²) >= 11 is 12.3. The van der Waals surface area contributed by atoms with E-state index >= 15 is 0 Å². The minimum atomic E-state index is -0.664. The van der Waals surface area contributed by atoms with Crippen LogP contribution in [0.25, 0.3) is 0 Å². The Hall–Kier alpha value is -2.24. The van der Waals surface area contributed by atoms with Crippen LogP contribution in [0.1, 0.15) is 39.7 Å². The number of halogens is 2. The van der Waals surface area contributed by atoms with Gasteiger partial charge in [-0.1, -0.05) is 54.4 Å². The number of amides is 2. The maximum absolute atomic E-state index is 13.1. The van der Waals surface area contributed by atoms with Crippen LogP contribution in [0, 0.1) is 0 Å². The second kappa shape index (κ2) is 10.7. The van der Waals surface area contributed by atoms with Gasteiger partial charge in [-0.25, -0.2) is 0 Å². The van der Waals surface area contributed by atoms with Gasteiger partial charge in [-0.05, 0) is 57.0 Å². The molecule has 7 heteroatoms. The molecule has 2 aromatic rings. The van der Waals surface area contributed by atoms with Gasteiger partial charge < -0.3 is 15.0 Å². The maximum Gasteiger partial charge on any atom is 0.261 e. The third-order valence-electron chi connectivity index (χ3n) is 4.35. The van der Waals surface area contributed by atoms with Crippen LogP contribution in [0.15, 0.2) is 48.5 Å². The Bertz CT molecular complexity index is 866. The van der Waals surface area contributed by atoms with Crippen LogP contribution in [-0.2, 0) is 16.1 Å². The Kier molecular flexibility index (Phi) is 8.56. The molecular weight excluding hydrogens is 423 g/mol. The number of rotatable bonds is 8. The lowest BCUT2D eigenvalue weighted by atomic mass is 10.1. The van der Waals surface area contributed by atoms with E-state index in [1.807, 2.05) is 45.9 Å². The molecule has 2 rings (SSSR count). The van der Waals surface area contributed by atoms with E-state index in [1.54, 1.807) is 30.3 Å². The van der Waals surface area contributed by atoms with Gasteiger partial charge in [0.05, 0.1) is 0 Å². The van der Waals surface area contributed by atoms with Crippen molar-refractivity contribution < 1.29 is 14.3 Å². The van der Waals surface area contributed by atoms with Gasteiger partial charge in [0, 0.05) is 22.1 Å². The summed E-state index contributed by atoms with van der Waals surface area (Å²) in [5.74, 6) is 0.0615. The highest BCUT2D eigenvalue weighted by molar-refractivity contribution is 6.35. The Labute approximate surface area is 188 Å². The summed E-state index contributed by atoms with van der Waals surface area (Å²) in [6.45, 7) is 7.56. The van der Waals surface area contributed by atoms with Crippen molar-refractivity contribution in [1.82, 2.24) is 10.2 Å². The molecule has 0 unspecified atom stereocenters. The fourth-order valence-corrected chi connectivity index (χ4v) is 3.42. The maximum atomic E-state index is 13.1. The highest BCUT2D eigenvalue weighted by Crippen LogP contribution is 2.24. The molecule has 162 valence electrons. The van der Waals surface area contributed by atoms with E-state index in [4.69, 9.17) is 27.9 Å². The Morgan fingerprint density at radius 1 is 1.10 bits per heavy atom. The van der Waals surface area contributed by atoms with Crippen LogP contribution in [0.2, 0.25) is 10.0 Å². The SMILES string of the molecule is CC[C@@H](C(=O)NC(C)(C)C)N(Cc1ccc(Cl)cc1Cl)C(=O)COc1ccccc1. The zero-order valence-electron chi connectivity index (χ0n) is 17.7. The molecule has 0 radical (unpaired) electrons. The molecule has 0 bridgehead atoms. The molecule has 2 amide bonds. The van der Waals surface area contributed by atoms with Gasteiger partial charge >= 0.3 is 0 Å². The van der Waals surface area contributed by atoms with Gasteiger partial charge in [0.1, 0.15) is 11.8 Å². The van der Waals surface area contributed by atoms with Crippen LogP contribution in [0.4, 0.5) is 0 Å². The molecule has 0 heterocycles. The first kappa shape index (κ1) is 24.0. The van der Waals surface area contributed by atoms with E-state index in [2.05, 4.69) is 5.32 Å². The van der Waals surface area contributed by atoms with Crippen molar-refractivity contribution in [3.63, 3.8) is 0 Å². The standard InChI is InChI=1S/C23H28Cl2N2O3/c1-5-20(22(29)26-23(2,3)4)27(14-16-11-12-17(24)13-19(16)25)21(28)15-30-18-9-7-6-8-10-18/h6-13,20H,5,14-15H2,1-4H3,(H,26,29)/t20-/m0/s1. The largest absolute Gasteiger partial charge is 0.484 e. The molecule has 0 aliphatic rings. The molecule has 30 heavy (non-hydrogen) atoms. The van der Waals surface area contributed by atoms with E-state index in [9.17, 15) is 9.59 Å². The number of carbonyl (C=O) groups excluding carboxylic acids is 2. The average molecular weight is 451 g/mol. The molecule has 1 atom stereocenters. The first-order valence-electron chi connectivity index (χ1n) is 9.84. The van der Waals surface area contributed by atoms with Gasteiger partial charge in [-0.3, -0.25) is 9.59 Å². The number of ether oxygens (including phenoxy) is 1. The smallest absolute Gasteiger partial charge is 0.261 e. The molecular formula is C23H28Cl2N2O3. The van der Waals surface area contributed by atoms with Crippen molar-refractivity contribution in [1.29, 1.82) is 0 Å². The number of para-hydroxylation sites is 1. The van der Waals surface area contributed by atoms with E-state index in [1.165, 1.54) is 4.90 Å². The zero-order chi connectivity index (χ0) is 22.3. The number of hydrogen-bond donors (Lipinski definition) is 1. The van der Waals surface area contributed by atoms with Crippen molar-refractivity contribution in [2.75, 3.05) is 6.61 Å². The quantitative estimate of drug-likeness (QED) is 0.608. The molecule has 5 nitrogen and oxygen atoms in total. The van der Waals surface area contributed by atoms with Crippen molar-refractivity contribution in [3.05, 3.63) is 64.1 Å². The van der Waals surface area contributed by atoms with Gasteiger partial charge in [0.15, 0.2) is 6.61 Å². The van der Waals surface area contributed by atoms with Crippen molar-refractivity contribution in [2.45, 2.75) is 52.2 Å².